The Morgan fingerprint density at radius 1 is 1.27 bits per heavy atom. The van der Waals surface area contributed by atoms with Crippen molar-refractivity contribution >= 4 is 23.8 Å². The predicted molar refractivity (Wildman–Crippen MR) is 91.9 cm³/mol. The number of amides is 4. The largest absolute Gasteiger partial charge is 0.454 e. The van der Waals surface area contributed by atoms with Gasteiger partial charge in [0, 0.05) is 6.04 Å². The van der Waals surface area contributed by atoms with E-state index in [-0.39, 0.29) is 23.3 Å². The summed E-state index contributed by atoms with van der Waals surface area (Å²) in [6, 6.07) is -0.386. The summed E-state index contributed by atoms with van der Waals surface area (Å²) in [4.78, 5) is 49.7. The van der Waals surface area contributed by atoms with E-state index in [0.717, 1.165) is 24.2 Å². The summed E-state index contributed by atoms with van der Waals surface area (Å²) in [6.07, 6.45) is 3.98. The molecule has 1 aliphatic heterocycles. The lowest BCUT2D eigenvalue weighted by atomic mass is 9.64. The molecule has 0 aromatic carbocycles. The molecule has 1 heterocycles. The van der Waals surface area contributed by atoms with E-state index < -0.39 is 30.7 Å². The van der Waals surface area contributed by atoms with Crippen LogP contribution in [0.2, 0.25) is 0 Å². The molecule has 1 spiro atoms. The Hall–Kier alpha value is -2.12. The van der Waals surface area contributed by atoms with Gasteiger partial charge in [0.05, 0.1) is 0 Å². The van der Waals surface area contributed by atoms with Crippen LogP contribution < -0.4 is 10.6 Å². The Morgan fingerprint density at radius 3 is 2.58 bits per heavy atom. The van der Waals surface area contributed by atoms with Gasteiger partial charge in [-0.25, -0.2) is 4.79 Å². The number of carbonyl (C=O) groups excluding carboxylic acids is 4. The molecule has 0 aromatic heterocycles. The molecule has 26 heavy (non-hydrogen) atoms. The minimum absolute atomic E-state index is 0.0714. The molecular weight excluding hydrogens is 338 g/mol. The molecule has 2 saturated carbocycles. The lowest BCUT2D eigenvalue weighted by Gasteiger charge is -2.43. The van der Waals surface area contributed by atoms with Gasteiger partial charge in [-0.2, -0.15) is 0 Å². The fourth-order valence-corrected chi connectivity index (χ4v) is 4.47. The van der Waals surface area contributed by atoms with E-state index >= 15 is 0 Å². The van der Waals surface area contributed by atoms with E-state index in [9.17, 15) is 19.2 Å². The van der Waals surface area contributed by atoms with Gasteiger partial charge in [0.15, 0.2) is 6.61 Å². The maximum atomic E-state index is 12.9. The van der Waals surface area contributed by atoms with Crippen molar-refractivity contribution in [1.82, 2.24) is 15.5 Å². The van der Waals surface area contributed by atoms with E-state index in [1.807, 2.05) is 0 Å². The van der Waals surface area contributed by atoms with Gasteiger partial charge in [-0.15, -0.1) is 0 Å². The van der Waals surface area contributed by atoms with Crippen LogP contribution in [0.5, 0.6) is 0 Å². The van der Waals surface area contributed by atoms with Crippen molar-refractivity contribution in [3.05, 3.63) is 0 Å². The van der Waals surface area contributed by atoms with Gasteiger partial charge in [0.1, 0.15) is 12.1 Å². The minimum atomic E-state index is -0.943. The first-order valence-electron chi connectivity index (χ1n) is 9.19. The number of rotatable bonds is 5. The SMILES string of the molecule is C[C@@H]1CC(C)(C)C[C@@]2(C1)NC(=O)N(CC(=O)OCC(=O)NC1CC1)C2=O. The Balaban J connectivity index is 1.58. The van der Waals surface area contributed by atoms with E-state index in [4.69, 9.17) is 4.74 Å². The normalized spacial score (nSPS) is 30.3. The third kappa shape index (κ3) is 3.99. The first-order chi connectivity index (χ1) is 12.1. The van der Waals surface area contributed by atoms with Crippen LogP contribution >= 0.6 is 0 Å². The van der Waals surface area contributed by atoms with Gasteiger partial charge in [-0.05, 0) is 43.4 Å². The summed E-state index contributed by atoms with van der Waals surface area (Å²) in [5.41, 5.74) is -1.01. The van der Waals surface area contributed by atoms with E-state index in [1.54, 1.807) is 0 Å². The first kappa shape index (κ1) is 18.7. The number of nitrogens with one attached hydrogen (secondary N) is 2. The summed E-state index contributed by atoms with van der Waals surface area (Å²) >= 11 is 0. The second-order valence-corrected chi connectivity index (χ2v) is 8.76. The molecule has 144 valence electrons. The number of carbonyl (C=O) groups is 4. The zero-order valence-corrected chi connectivity index (χ0v) is 15.6. The molecule has 0 radical (unpaired) electrons. The van der Waals surface area contributed by atoms with Crippen molar-refractivity contribution in [2.24, 2.45) is 11.3 Å². The highest BCUT2D eigenvalue weighted by Gasteiger charge is 2.56. The highest BCUT2D eigenvalue weighted by atomic mass is 16.5. The minimum Gasteiger partial charge on any atom is -0.454 e. The molecule has 0 bridgehead atoms. The van der Waals surface area contributed by atoms with Crippen molar-refractivity contribution in [2.75, 3.05) is 13.2 Å². The molecule has 8 nitrogen and oxygen atoms in total. The number of urea groups is 1. The summed E-state index contributed by atoms with van der Waals surface area (Å²) in [5.74, 6) is -1.21. The maximum absolute atomic E-state index is 12.9. The Kier molecular flexibility index (Phi) is 4.71. The topological polar surface area (TPSA) is 105 Å². The standard InChI is InChI=1S/C18H27N3O5/c1-11-6-17(2,3)10-18(7-11)15(24)21(16(25)20-18)8-14(23)26-9-13(22)19-12-4-5-12/h11-12H,4-10H2,1-3H3,(H,19,22)(H,20,25)/t11-,18-/m1/s1. The monoisotopic (exact) mass is 365 g/mol. The van der Waals surface area contributed by atoms with Gasteiger partial charge in [-0.1, -0.05) is 20.8 Å². The summed E-state index contributed by atoms with van der Waals surface area (Å²) in [5, 5.41) is 5.51. The fourth-order valence-electron chi connectivity index (χ4n) is 4.47. The smallest absolute Gasteiger partial charge is 0.326 e. The third-order valence-corrected chi connectivity index (χ3v) is 5.22. The van der Waals surface area contributed by atoms with Crippen LogP contribution in [-0.4, -0.2) is 53.4 Å². The average Bonchev–Trinajstić information content (AvgIpc) is 3.28. The molecular formula is C18H27N3O5. The second-order valence-electron chi connectivity index (χ2n) is 8.76. The molecule has 1 saturated heterocycles. The zero-order valence-electron chi connectivity index (χ0n) is 15.6. The molecule has 0 aromatic rings. The number of ether oxygens (including phenoxy) is 1. The van der Waals surface area contributed by atoms with Crippen molar-refractivity contribution < 1.29 is 23.9 Å². The van der Waals surface area contributed by atoms with E-state index in [1.165, 1.54) is 0 Å². The molecule has 8 heteroatoms. The van der Waals surface area contributed by atoms with Crippen LogP contribution in [0.3, 0.4) is 0 Å². The van der Waals surface area contributed by atoms with Crippen LogP contribution in [0.1, 0.15) is 52.9 Å². The number of nitrogens with zero attached hydrogens (tertiary/aromatic N) is 1. The van der Waals surface area contributed by atoms with Gasteiger partial charge in [-0.3, -0.25) is 19.3 Å². The zero-order chi connectivity index (χ0) is 19.1. The number of imide groups is 1. The average molecular weight is 365 g/mol. The molecule has 3 aliphatic rings. The van der Waals surface area contributed by atoms with Crippen molar-refractivity contribution in [2.45, 2.75) is 64.5 Å². The summed E-state index contributed by atoms with van der Waals surface area (Å²) < 4.78 is 4.90. The second kappa shape index (κ2) is 6.55. The Bertz CT molecular complexity index is 643. The third-order valence-electron chi connectivity index (χ3n) is 5.22. The van der Waals surface area contributed by atoms with E-state index in [0.29, 0.717) is 18.8 Å². The molecule has 4 amide bonds. The molecule has 3 fully saturated rings. The molecule has 2 aliphatic carbocycles. The van der Waals surface area contributed by atoms with Gasteiger partial charge >= 0.3 is 12.0 Å². The van der Waals surface area contributed by atoms with Gasteiger partial charge in [0.25, 0.3) is 11.8 Å². The van der Waals surface area contributed by atoms with Crippen molar-refractivity contribution in [3.63, 3.8) is 0 Å². The summed E-state index contributed by atoms with van der Waals surface area (Å²) in [6.45, 7) is 5.36. The quantitative estimate of drug-likeness (QED) is 0.557. The van der Waals surface area contributed by atoms with Crippen molar-refractivity contribution in [3.8, 4) is 0 Å². The highest BCUT2D eigenvalue weighted by molar-refractivity contribution is 6.08. The Labute approximate surface area is 153 Å². The van der Waals surface area contributed by atoms with Crippen LogP contribution in [-0.2, 0) is 19.1 Å². The van der Waals surface area contributed by atoms with Crippen LogP contribution in [0.25, 0.3) is 0 Å². The van der Waals surface area contributed by atoms with Crippen LogP contribution in [0.15, 0.2) is 0 Å². The molecule has 3 rings (SSSR count). The molecule has 2 N–H and O–H groups in total. The molecule has 0 unspecified atom stereocenters. The highest BCUT2D eigenvalue weighted by Crippen LogP contribution is 2.46. The van der Waals surface area contributed by atoms with Crippen LogP contribution in [0, 0.1) is 11.3 Å². The number of esters is 1. The van der Waals surface area contributed by atoms with Gasteiger partial charge < -0.3 is 15.4 Å². The molecule has 2 atom stereocenters. The van der Waals surface area contributed by atoms with Crippen molar-refractivity contribution in [1.29, 1.82) is 0 Å². The first-order valence-corrected chi connectivity index (χ1v) is 9.19. The maximum Gasteiger partial charge on any atom is 0.326 e. The number of hydrogen-bond donors (Lipinski definition) is 2. The van der Waals surface area contributed by atoms with Crippen LogP contribution in [0.4, 0.5) is 4.79 Å². The fraction of sp³-hybridized carbons (Fsp3) is 0.778. The predicted octanol–water partition coefficient (Wildman–Crippen LogP) is 0.945. The van der Waals surface area contributed by atoms with Gasteiger partial charge in [0.2, 0.25) is 0 Å². The Morgan fingerprint density at radius 2 is 1.96 bits per heavy atom. The lowest BCUT2D eigenvalue weighted by Crippen LogP contribution is -2.54. The van der Waals surface area contributed by atoms with E-state index in [2.05, 4.69) is 31.4 Å². The number of hydrogen-bond acceptors (Lipinski definition) is 5. The lowest BCUT2D eigenvalue weighted by molar-refractivity contribution is -0.151. The summed E-state index contributed by atoms with van der Waals surface area (Å²) in [7, 11) is 0.